The largest absolute Gasteiger partial charge is 0.492 e. The standard InChI is InChI=1S/C20H21FN2O5S/c1-5-27-17-10-14-16(11-15(17)23(3)29(4,25)26)28-19(18(14)20(24)22-2)12-6-8-13(21)9-7-12/h6-11H,5H2,1-4H3,(H,22,24). The maximum absolute atomic E-state index is 13.3. The first-order chi connectivity index (χ1) is 13.7. The maximum atomic E-state index is 13.3. The number of ether oxygens (including phenoxy) is 1. The van der Waals surface area contributed by atoms with Crippen molar-refractivity contribution in [2.75, 3.05) is 31.3 Å². The van der Waals surface area contributed by atoms with E-state index in [-0.39, 0.29) is 17.0 Å². The van der Waals surface area contributed by atoms with Crippen LogP contribution in [0.1, 0.15) is 17.3 Å². The van der Waals surface area contributed by atoms with Crippen LogP contribution in [-0.4, -0.2) is 41.3 Å². The summed E-state index contributed by atoms with van der Waals surface area (Å²) < 4.78 is 50.1. The summed E-state index contributed by atoms with van der Waals surface area (Å²) in [5.41, 5.74) is 1.35. The molecule has 0 aliphatic heterocycles. The molecule has 1 amide bonds. The predicted octanol–water partition coefficient (Wildman–Crippen LogP) is 3.39. The summed E-state index contributed by atoms with van der Waals surface area (Å²) in [5, 5.41) is 3.03. The Morgan fingerprint density at radius 1 is 1.24 bits per heavy atom. The van der Waals surface area contributed by atoms with Gasteiger partial charge in [0, 0.05) is 31.1 Å². The van der Waals surface area contributed by atoms with Crippen LogP contribution in [0, 0.1) is 5.82 Å². The van der Waals surface area contributed by atoms with Gasteiger partial charge in [0.2, 0.25) is 10.0 Å². The van der Waals surface area contributed by atoms with Gasteiger partial charge in [-0.05, 0) is 37.3 Å². The van der Waals surface area contributed by atoms with Crippen LogP contribution in [0.3, 0.4) is 0 Å². The second-order valence-corrected chi connectivity index (χ2v) is 8.39. The highest BCUT2D eigenvalue weighted by Gasteiger charge is 2.25. The van der Waals surface area contributed by atoms with Crippen molar-refractivity contribution in [3.05, 3.63) is 47.8 Å². The van der Waals surface area contributed by atoms with Crippen LogP contribution in [0.25, 0.3) is 22.3 Å². The van der Waals surface area contributed by atoms with Crippen molar-refractivity contribution in [3.8, 4) is 17.1 Å². The minimum Gasteiger partial charge on any atom is -0.492 e. The molecule has 0 bridgehead atoms. The fourth-order valence-electron chi connectivity index (χ4n) is 2.96. The number of amides is 1. The van der Waals surface area contributed by atoms with E-state index >= 15 is 0 Å². The Hall–Kier alpha value is -3.07. The Kier molecular flexibility index (Phi) is 5.52. The number of hydrogen-bond donors (Lipinski definition) is 1. The van der Waals surface area contributed by atoms with Gasteiger partial charge in [-0.2, -0.15) is 0 Å². The van der Waals surface area contributed by atoms with E-state index in [0.717, 1.165) is 10.6 Å². The van der Waals surface area contributed by atoms with Crippen LogP contribution in [0.5, 0.6) is 5.75 Å². The lowest BCUT2D eigenvalue weighted by Gasteiger charge is -2.20. The first-order valence-electron chi connectivity index (χ1n) is 8.82. The van der Waals surface area contributed by atoms with Gasteiger partial charge in [0.05, 0.1) is 24.1 Å². The SMILES string of the molecule is CCOc1cc2c(C(=O)NC)c(-c3ccc(F)cc3)oc2cc1N(C)S(C)(=O)=O. The third-order valence-corrected chi connectivity index (χ3v) is 5.66. The Bertz CT molecular complexity index is 1170. The van der Waals surface area contributed by atoms with Crippen LogP contribution >= 0.6 is 0 Å². The van der Waals surface area contributed by atoms with E-state index < -0.39 is 21.7 Å². The fourth-order valence-corrected chi connectivity index (χ4v) is 3.46. The highest BCUT2D eigenvalue weighted by atomic mass is 32.2. The molecule has 0 fully saturated rings. The fraction of sp³-hybridized carbons (Fsp3) is 0.250. The van der Waals surface area contributed by atoms with E-state index in [1.807, 2.05) is 0 Å². The smallest absolute Gasteiger partial charge is 0.255 e. The average Bonchev–Trinajstić information content (AvgIpc) is 3.04. The lowest BCUT2D eigenvalue weighted by Crippen LogP contribution is -2.25. The molecule has 1 N–H and O–H groups in total. The van der Waals surface area contributed by atoms with Crippen molar-refractivity contribution < 1.29 is 26.8 Å². The van der Waals surface area contributed by atoms with Gasteiger partial charge in [-0.25, -0.2) is 12.8 Å². The molecule has 0 aliphatic rings. The summed E-state index contributed by atoms with van der Waals surface area (Å²) in [7, 11) is -0.660. The van der Waals surface area contributed by atoms with E-state index in [9.17, 15) is 17.6 Å². The number of nitrogens with zero attached hydrogens (tertiary/aromatic N) is 1. The van der Waals surface area contributed by atoms with E-state index in [1.165, 1.54) is 44.4 Å². The number of halogens is 1. The number of fused-ring (bicyclic) bond motifs is 1. The third-order valence-electron chi connectivity index (χ3n) is 4.47. The highest BCUT2D eigenvalue weighted by molar-refractivity contribution is 7.92. The molecule has 1 heterocycles. The van der Waals surface area contributed by atoms with Gasteiger partial charge in [-0.15, -0.1) is 0 Å². The molecule has 0 unspecified atom stereocenters. The average molecular weight is 420 g/mol. The molecule has 2 aromatic carbocycles. The number of rotatable bonds is 6. The van der Waals surface area contributed by atoms with Gasteiger partial charge >= 0.3 is 0 Å². The highest BCUT2D eigenvalue weighted by Crippen LogP contribution is 2.40. The Labute approximate surface area is 168 Å². The van der Waals surface area contributed by atoms with Gasteiger partial charge in [0.1, 0.15) is 22.9 Å². The zero-order valence-electron chi connectivity index (χ0n) is 16.4. The van der Waals surface area contributed by atoms with E-state index in [2.05, 4.69) is 5.32 Å². The van der Waals surface area contributed by atoms with E-state index in [0.29, 0.717) is 28.9 Å². The van der Waals surface area contributed by atoms with Crippen LogP contribution in [-0.2, 0) is 10.0 Å². The van der Waals surface area contributed by atoms with Crippen molar-refractivity contribution in [1.82, 2.24) is 5.32 Å². The Morgan fingerprint density at radius 2 is 1.90 bits per heavy atom. The van der Waals surface area contributed by atoms with Crippen molar-refractivity contribution >= 4 is 32.6 Å². The van der Waals surface area contributed by atoms with Gasteiger partial charge in [-0.3, -0.25) is 9.10 Å². The summed E-state index contributed by atoms with van der Waals surface area (Å²) >= 11 is 0. The maximum Gasteiger partial charge on any atom is 0.255 e. The van der Waals surface area contributed by atoms with Gasteiger partial charge < -0.3 is 14.5 Å². The lowest BCUT2D eigenvalue weighted by atomic mass is 10.0. The summed E-state index contributed by atoms with van der Waals surface area (Å²) in [4.78, 5) is 12.6. The molecule has 3 aromatic rings. The van der Waals surface area contributed by atoms with E-state index in [1.54, 1.807) is 13.0 Å². The molecule has 0 saturated heterocycles. The molecule has 0 saturated carbocycles. The number of sulfonamides is 1. The lowest BCUT2D eigenvalue weighted by molar-refractivity contribution is 0.0964. The minimum atomic E-state index is -3.56. The van der Waals surface area contributed by atoms with Crippen molar-refractivity contribution in [3.63, 3.8) is 0 Å². The molecule has 7 nitrogen and oxygen atoms in total. The second kappa shape index (κ2) is 7.75. The van der Waals surface area contributed by atoms with Crippen LogP contribution in [0.2, 0.25) is 0 Å². The summed E-state index contributed by atoms with van der Waals surface area (Å²) in [6, 6.07) is 8.64. The molecule has 3 rings (SSSR count). The Balaban J connectivity index is 2.33. The van der Waals surface area contributed by atoms with Crippen molar-refractivity contribution in [2.24, 2.45) is 0 Å². The number of nitrogens with one attached hydrogen (secondary N) is 1. The molecule has 154 valence electrons. The summed E-state index contributed by atoms with van der Waals surface area (Å²) in [6.45, 7) is 2.07. The summed E-state index contributed by atoms with van der Waals surface area (Å²) in [5.74, 6) is -0.262. The van der Waals surface area contributed by atoms with Crippen molar-refractivity contribution in [2.45, 2.75) is 6.92 Å². The molecule has 29 heavy (non-hydrogen) atoms. The van der Waals surface area contributed by atoms with Gasteiger partial charge in [0.15, 0.2) is 0 Å². The first-order valence-corrected chi connectivity index (χ1v) is 10.7. The Morgan fingerprint density at radius 3 is 2.45 bits per heavy atom. The van der Waals surface area contributed by atoms with Crippen molar-refractivity contribution in [1.29, 1.82) is 0 Å². The number of furan rings is 1. The predicted molar refractivity (Wildman–Crippen MR) is 109 cm³/mol. The third kappa shape index (κ3) is 3.91. The number of hydrogen-bond acceptors (Lipinski definition) is 5. The molecular weight excluding hydrogens is 399 g/mol. The number of anilines is 1. The molecule has 0 spiro atoms. The minimum absolute atomic E-state index is 0.251. The molecule has 9 heteroatoms. The zero-order valence-corrected chi connectivity index (χ0v) is 17.3. The topological polar surface area (TPSA) is 88.8 Å². The van der Waals surface area contributed by atoms with Gasteiger partial charge in [0.25, 0.3) is 5.91 Å². The molecule has 1 aromatic heterocycles. The van der Waals surface area contributed by atoms with Gasteiger partial charge in [-0.1, -0.05) is 0 Å². The summed E-state index contributed by atoms with van der Waals surface area (Å²) in [6.07, 6.45) is 1.08. The number of carbonyl (C=O) groups excluding carboxylic acids is 1. The monoisotopic (exact) mass is 420 g/mol. The molecule has 0 radical (unpaired) electrons. The number of benzene rings is 2. The van der Waals surface area contributed by atoms with Crippen LogP contribution < -0.4 is 14.4 Å². The number of carbonyl (C=O) groups is 1. The molecule has 0 aliphatic carbocycles. The zero-order chi connectivity index (χ0) is 21.3. The normalized spacial score (nSPS) is 11.5. The molecular formula is C20H21FN2O5S. The first kappa shape index (κ1) is 20.7. The quantitative estimate of drug-likeness (QED) is 0.660. The molecule has 0 atom stereocenters. The van der Waals surface area contributed by atoms with E-state index in [4.69, 9.17) is 9.15 Å². The van der Waals surface area contributed by atoms with Crippen LogP contribution in [0.4, 0.5) is 10.1 Å². The second-order valence-electron chi connectivity index (χ2n) is 6.37. The van der Waals surface area contributed by atoms with Crippen LogP contribution in [0.15, 0.2) is 40.8 Å².